The van der Waals surface area contributed by atoms with Crippen LogP contribution in [-0.4, -0.2) is 36.5 Å². The van der Waals surface area contributed by atoms with Gasteiger partial charge in [-0.25, -0.2) is 0 Å². The molecule has 0 bridgehead atoms. The molecule has 0 radical (unpaired) electrons. The molecule has 1 fully saturated rings. The Labute approximate surface area is 128 Å². The Bertz CT molecular complexity index is 669. The van der Waals surface area contributed by atoms with E-state index in [1.807, 2.05) is 18.2 Å². The summed E-state index contributed by atoms with van der Waals surface area (Å²) in [6.45, 7) is 5.32. The van der Waals surface area contributed by atoms with E-state index in [0.29, 0.717) is 11.5 Å². The van der Waals surface area contributed by atoms with E-state index in [9.17, 15) is 0 Å². The van der Waals surface area contributed by atoms with E-state index in [-0.39, 0.29) is 5.82 Å². The van der Waals surface area contributed by atoms with Gasteiger partial charge in [0, 0.05) is 18.8 Å². The van der Waals surface area contributed by atoms with E-state index < -0.39 is 0 Å². The van der Waals surface area contributed by atoms with E-state index >= 15 is 0 Å². The lowest BCUT2D eigenvalue weighted by atomic mass is 10.1. The van der Waals surface area contributed by atoms with Gasteiger partial charge in [-0.05, 0) is 24.6 Å². The standard InChI is InChI=1S/C14H19N7O/c1-9-2-3-10(8-11(9)21-4-6-22-7-5-21)17-18-12-13(15)19-20-14(12)16/h2-3,8H,4-7H2,1H3,(H5,15,16,19,20). The average Bonchev–Trinajstić information content (AvgIpc) is 2.86. The zero-order chi connectivity index (χ0) is 15.5. The number of aromatic nitrogens is 2. The molecule has 0 saturated carbocycles. The number of hydrogen-bond donors (Lipinski definition) is 3. The van der Waals surface area contributed by atoms with Crippen molar-refractivity contribution in [2.24, 2.45) is 10.2 Å². The fourth-order valence-corrected chi connectivity index (χ4v) is 2.38. The monoisotopic (exact) mass is 301 g/mol. The molecular weight excluding hydrogens is 282 g/mol. The maximum Gasteiger partial charge on any atom is 0.175 e. The molecule has 0 aliphatic carbocycles. The van der Waals surface area contributed by atoms with Crippen molar-refractivity contribution < 1.29 is 4.74 Å². The number of nitrogens with two attached hydrogens (primary N) is 2. The molecular formula is C14H19N7O. The maximum atomic E-state index is 5.70. The summed E-state index contributed by atoms with van der Waals surface area (Å²) in [6, 6.07) is 5.95. The van der Waals surface area contributed by atoms with Crippen LogP contribution in [0.4, 0.5) is 28.7 Å². The summed E-state index contributed by atoms with van der Waals surface area (Å²) >= 11 is 0. The summed E-state index contributed by atoms with van der Waals surface area (Å²) in [4.78, 5) is 2.29. The Morgan fingerprint density at radius 3 is 2.68 bits per heavy atom. The molecule has 1 aliphatic rings. The second kappa shape index (κ2) is 6.02. The number of morpholine rings is 1. The maximum absolute atomic E-state index is 5.70. The zero-order valence-corrected chi connectivity index (χ0v) is 12.4. The first-order valence-electron chi connectivity index (χ1n) is 7.09. The number of aryl methyl sites for hydroxylation is 1. The van der Waals surface area contributed by atoms with E-state index in [0.717, 1.165) is 37.7 Å². The van der Waals surface area contributed by atoms with Gasteiger partial charge in [-0.15, -0.1) is 5.11 Å². The van der Waals surface area contributed by atoms with Crippen LogP contribution in [-0.2, 0) is 4.74 Å². The van der Waals surface area contributed by atoms with Crippen molar-refractivity contribution in [1.82, 2.24) is 10.2 Å². The Morgan fingerprint density at radius 2 is 2.00 bits per heavy atom. The number of anilines is 3. The van der Waals surface area contributed by atoms with Gasteiger partial charge in [0.05, 0.1) is 18.9 Å². The summed E-state index contributed by atoms with van der Waals surface area (Å²) in [7, 11) is 0. The Morgan fingerprint density at radius 1 is 1.23 bits per heavy atom. The Hall–Kier alpha value is -2.61. The summed E-state index contributed by atoms with van der Waals surface area (Å²) in [5.41, 5.74) is 14.8. The molecule has 8 nitrogen and oxygen atoms in total. The molecule has 22 heavy (non-hydrogen) atoms. The van der Waals surface area contributed by atoms with Crippen LogP contribution >= 0.6 is 0 Å². The highest BCUT2D eigenvalue weighted by atomic mass is 16.5. The van der Waals surface area contributed by atoms with Gasteiger partial charge in [-0.1, -0.05) is 6.07 Å². The highest BCUT2D eigenvalue weighted by molar-refractivity contribution is 5.70. The molecule has 1 aromatic heterocycles. The Kier molecular flexibility index (Phi) is 3.92. The predicted molar refractivity (Wildman–Crippen MR) is 85.8 cm³/mol. The molecule has 0 atom stereocenters. The summed E-state index contributed by atoms with van der Waals surface area (Å²) in [5.74, 6) is 0.545. The minimum absolute atomic E-state index is 0.238. The molecule has 3 rings (SSSR count). The second-order valence-electron chi connectivity index (χ2n) is 5.14. The SMILES string of the molecule is Cc1ccc(N=Nc2c(N)n[nH]c2N)cc1N1CCOCC1. The van der Waals surface area contributed by atoms with E-state index in [1.165, 1.54) is 5.56 Å². The van der Waals surface area contributed by atoms with Crippen LogP contribution in [0.1, 0.15) is 5.56 Å². The first-order chi connectivity index (χ1) is 10.6. The van der Waals surface area contributed by atoms with Gasteiger partial charge >= 0.3 is 0 Å². The molecule has 0 spiro atoms. The third kappa shape index (κ3) is 2.86. The minimum atomic E-state index is 0.238. The van der Waals surface area contributed by atoms with E-state index in [2.05, 4.69) is 32.2 Å². The molecule has 5 N–H and O–H groups in total. The van der Waals surface area contributed by atoms with Crippen LogP contribution in [0.5, 0.6) is 0 Å². The Balaban J connectivity index is 1.85. The van der Waals surface area contributed by atoms with Crippen LogP contribution in [0.2, 0.25) is 0 Å². The number of ether oxygens (including phenoxy) is 1. The van der Waals surface area contributed by atoms with Gasteiger partial charge < -0.3 is 21.1 Å². The smallest absolute Gasteiger partial charge is 0.175 e. The lowest BCUT2D eigenvalue weighted by Gasteiger charge is -2.30. The molecule has 2 aromatic rings. The first-order valence-corrected chi connectivity index (χ1v) is 7.09. The number of H-pyrrole nitrogens is 1. The van der Waals surface area contributed by atoms with E-state index in [4.69, 9.17) is 16.2 Å². The fourth-order valence-electron chi connectivity index (χ4n) is 2.38. The number of hydrogen-bond acceptors (Lipinski definition) is 7. The van der Waals surface area contributed by atoms with Gasteiger partial charge in [0.2, 0.25) is 0 Å². The topological polar surface area (TPSA) is 118 Å². The van der Waals surface area contributed by atoms with Crippen molar-refractivity contribution in [3.05, 3.63) is 23.8 Å². The molecule has 116 valence electrons. The number of nitrogens with zero attached hydrogens (tertiary/aromatic N) is 4. The predicted octanol–water partition coefficient (Wildman–Crippen LogP) is 2.13. The zero-order valence-electron chi connectivity index (χ0n) is 12.4. The average molecular weight is 301 g/mol. The van der Waals surface area contributed by atoms with Gasteiger partial charge in [0.25, 0.3) is 0 Å². The molecule has 2 heterocycles. The molecule has 1 aromatic carbocycles. The lowest BCUT2D eigenvalue weighted by Crippen LogP contribution is -2.36. The van der Waals surface area contributed by atoms with Gasteiger partial charge in [0.1, 0.15) is 5.82 Å². The lowest BCUT2D eigenvalue weighted by molar-refractivity contribution is 0.122. The number of aromatic amines is 1. The summed E-state index contributed by atoms with van der Waals surface area (Å²) in [6.07, 6.45) is 0. The van der Waals surface area contributed by atoms with Crippen LogP contribution in [0, 0.1) is 6.92 Å². The van der Waals surface area contributed by atoms with Crippen molar-refractivity contribution >= 4 is 28.7 Å². The number of rotatable bonds is 3. The number of nitrogen functional groups attached to an aromatic ring is 2. The molecule has 1 aliphatic heterocycles. The molecule has 1 saturated heterocycles. The van der Waals surface area contributed by atoms with Crippen molar-refractivity contribution in [1.29, 1.82) is 0 Å². The molecule has 8 heteroatoms. The van der Waals surface area contributed by atoms with E-state index in [1.54, 1.807) is 0 Å². The summed E-state index contributed by atoms with van der Waals surface area (Å²) < 4.78 is 5.39. The minimum Gasteiger partial charge on any atom is -0.382 e. The second-order valence-corrected chi connectivity index (χ2v) is 5.14. The number of benzene rings is 1. The van der Waals surface area contributed by atoms with Crippen molar-refractivity contribution in [2.75, 3.05) is 42.7 Å². The normalized spacial score (nSPS) is 15.6. The first kappa shape index (κ1) is 14.3. The van der Waals surface area contributed by atoms with Crippen LogP contribution < -0.4 is 16.4 Å². The molecule has 0 amide bonds. The highest BCUT2D eigenvalue weighted by Gasteiger charge is 2.14. The third-order valence-electron chi connectivity index (χ3n) is 3.60. The highest BCUT2D eigenvalue weighted by Crippen LogP contribution is 2.31. The van der Waals surface area contributed by atoms with Gasteiger partial charge in [-0.3, -0.25) is 5.10 Å². The van der Waals surface area contributed by atoms with Crippen molar-refractivity contribution in [2.45, 2.75) is 6.92 Å². The third-order valence-corrected chi connectivity index (χ3v) is 3.60. The van der Waals surface area contributed by atoms with Crippen LogP contribution in [0.3, 0.4) is 0 Å². The molecule has 0 unspecified atom stereocenters. The fraction of sp³-hybridized carbons (Fsp3) is 0.357. The number of azo groups is 1. The van der Waals surface area contributed by atoms with Crippen molar-refractivity contribution in [3.8, 4) is 0 Å². The number of nitrogens with one attached hydrogen (secondary N) is 1. The van der Waals surface area contributed by atoms with Gasteiger partial charge in [0.15, 0.2) is 11.5 Å². The van der Waals surface area contributed by atoms with Crippen LogP contribution in [0.25, 0.3) is 0 Å². The van der Waals surface area contributed by atoms with Crippen LogP contribution in [0.15, 0.2) is 28.4 Å². The quantitative estimate of drug-likeness (QED) is 0.750. The summed E-state index contributed by atoms with van der Waals surface area (Å²) in [5, 5.41) is 14.7. The van der Waals surface area contributed by atoms with Gasteiger partial charge in [-0.2, -0.15) is 10.2 Å². The van der Waals surface area contributed by atoms with Crippen molar-refractivity contribution in [3.63, 3.8) is 0 Å². The largest absolute Gasteiger partial charge is 0.382 e.